The molecular formula is C8H18O3. The standard InChI is InChI=1S/C8H18O3/c9-5-1-3-8(7-11)4-2-6-10/h8-11H,1-7H2. The highest BCUT2D eigenvalue weighted by Gasteiger charge is 2.05. The van der Waals surface area contributed by atoms with Crippen molar-refractivity contribution in [3.05, 3.63) is 0 Å². The zero-order valence-corrected chi connectivity index (χ0v) is 6.87. The van der Waals surface area contributed by atoms with Crippen LogP contribution in [0.3, 0.4) is 0 Å². The van der Waals surface area contributed by atoms with E-state index in [4.69, 9.17) is 15.3 Å². The van der Waals surface area contributed by atoms with Gasteiger partial charge in [-0.3, -0.25) is 0 Å². The second-order valence-corrected chi connectivity index (χ2v) is 2.78. The molecule has 0 aliphatic heterocycles. The van der Waals surface area contributed by atoms with Gasteiger partial charge in [0.2, 0.25) is 0 Å². The van der Waals surface area contributed by atoms with Gasteiger partial charge in [0.15, 0.2) is 0 Å². The molecule has 0 bridgehead atoms. The molecule has 0 aliphatic rings. The van der Waals surface area contributed by atoms with E-state index in [1.54, 1.807) is 0 Å². The lowest BCUT2D eigenvalue weighted by atomic mass is 9.99. The van der Waals surface area contributed by atoms with Crippen LogP contribution in [0.2, 0.25) is 0 Å². The Kier molecular flexibility index (Phi) is 7.89. The summed E-state index contributed by atoms with van der Waals surface area (Å²) in [7, 11) is 0. The summed E-state index contributed by atoms with van der Waals surface area (Å²) in [4.78, 5) is 0. The highest BCUT2D eigenvalue weighted by molar-refractivity contribution is 4.57. The maximum absolute atomic E-state index is 8.82. The van der Waals surface area contributed by atoms with Crippen molar-refractivity contribution >= 4 is 0 Å². The molecule has 0 aromatic heterocycles. The summed E-state index contributed by atoms with van der Waals surface area (Å²) in [6.07, 6.45) is 3.20. The first-order valence-corrected chi connectivity index (χ1v) is 4.17. The Hall–Kier alpha value is -0.120. The van der Waals surface area contributed by atoms with Gasteiger partial charge in [-0.05, 0) is 31.6 Å². The minimum Gasteiger partial charge on any atom is -0.396 e. The highest BCUT2D eigenvalue weighted by atomic mass is 16.3. The minimum absolute atomic E-state index is 0.167. The molecule has 0 saturated carbocycles. The van der Waals surface area contributed by atoms with Gasteiger partial charge in [0, 0.05) is 19.8 Å². The largest absolute Gasteiger partial charge is 0.396 e. The van der Waals surface area contributed by atoms with E-state index in [-0.39, 0.29) is 25.7 Å². The van der Waals surface area contributed by atoms with E-state index in [9.17, 15) is 0 Å². The average molecular weight is 162 g/mol. The molecule has 0 rings (SSSR count). The fourth-order valence-corrected chi connectivity index (χ4v) is 1.09. The summed E-state index contributed by atoms with van der Waals surface area (Å²) in [5, 5.41) is 25.8. The van der Waals surface area contributed by atoms with Crippen molar-refractivity contribution in [3.63, 3.8) is 0 Å². The molecular weight excluding hydrogens is 144 g/mol. The molecule has 0 saturated heterocycles. The molecule has 0 amide bonds. The van der Waals surface area contributed by atoms with Crippen LogP contribution in [0.25, 0.3) is 0 Å². The number of hydrogen-bond acceptors (Lipinski definition) is 3. The van der Waals surface area contributed by atoms with E-state index in [1.807, 2.05) is 0 Å². The lowest BCUT2D eigenvalue weighted by Crippen LogP contribution is -2.07. The second kappa shape index (κ2) is 7.98. The van der Waals surface area contributed by atoms with Gasteiger partial charge in [-0.2, -0.15) is 0 Å². The quantitative estimate of drug-likeness (QED) is 0.499. The Bertz CT molecular complexity index is 67.7. The van der Waals surface area contributed by atoms with E-state index in [0.717, 1.165) is 25.7 Å². The highest BCUT2D eigenvalue weighted by Crippen LogP contribution is 2.11. The van der Waals surface area contributed by atoms with Crippen molar-refractivity contribution < 1.29 is 15.3 Å². The number of aliphatic hydroxyl groups excluding tert-OH is 3. The Labute approximate surface area is 67.7 Å². The molecule has 0 aromatic rings. The van der Waals surface area contributed by atoms with Gasteiger partial charge in [-0.25, -0.2) is 0 Å². The minimum atomic E-state index is 0.167. The predicted octanol–water partition coefficient (Wildman–Crippen LogP) is 0.140. The van der Waals surface area contributed by atoms with Crippen LogP contribution < -0.4 is 0 Å². The Morgan fingerprint density at radius 3 is 1.55 bits per heavy atom. The summed E-state index contributed by atoms with van der Waals surface area (Å²) in [6.45, 7) is 0.547. The zero-order valence-electron chi connectivity index (χ0n) is 6.87. The van der Waals surface area contributed by atoms with E-state index in [2.05, 4.69) is 0 Å². The molecule has 68 valence electrons. The van der Waals surface area contributed by atoms with Crippen molar-refractivity contribution in [2.45, 2.75) is 25.7 Å². The van der Waals surface area contributed by atoms with Crippen LogP contribution in [0.5, 0.6) is 0 Å². The molecule has 0 aliphatic carbocycles. The summed E-state index contributed by atoms with van der Waals surface area (Å²) < 4.78 is 0. The lowest BCUT2D eigenvalue weighted by Gasteiger charge is -2.11. The van der Waals surface area contributed by atoms with E-state index in [0.29, 0.717) is 0 Å². The van der Waals surface area contributed by atoms with Crippen molar-refractivity contribution in [2.24, 2.45) is 5.92 Å². The molecule has 3 heteroatoms. The molecule has 0 radical (unpaired) electrons. The van der Waals surface area contributed by atoms with Crippen molar-refractivity contribution in [1.82, 2.24) is 0 Å². The molecule has 0 fully saturated rings. The number of aliphatic hydroxyl groups is 3. The number of rotatable bonds is 7. The third-order valence-corrected chi connectivity index (χ3v) is 1.80. The fraction of sp³-hybridized carbons (Fsp3) is 1.00. The maximum atomic E-state index is 8.82. The van der Waals surface area contributed by atoms with Crippen LogP contribution in [-0.2, 0) is 0 Å². The smallest absolute Gasteiger partial charge is 0.0459 e. The summed E-state index contributed by atoms with van der Waals surface area (Å²) in [5.41, 5.74) is 0. The zero-order chi connectivity index (χ0) is 8.53. The summed E-state index contributed by atoms with van der Waals surface area (Å²) in [5.74, 6) is 0.259. The third kappa shape index (κ3) is 6.28. The van der Waals surface area contributed by atoms with Crippen LogP contribution in [-0.4, -0.2) is 35.1 Å². The van der Waals surface area contributed by atoms with Gasteiger partial charge in [0.1, 0.15) is 0 Å². The van der Waals surface area contributed by atoms with Crippen molar-refractivity contribution in [2.75, 3.05) is 19.8 Å². The van der Waals surface area contributed by atoms with Crippen molar-refractivity contribution in [1.29, 1.82) is 0 Å². The van der Waals surface area contributed by atoms with Crippen LogP contribution >= 0.6 is 0 Å². The molecule has 0 heterocycles. The third-order valence-electron chi connectivity index (χ3n) is 1.80. The van der Waals surface area contributed by atoms with Gasteiger partial charge < -0.3 is 15.3 Å². The van der Waals surface area contributed by atoms with Crippen LogP contribution in [0.1, 0.15) is 25.7 Å². The Morgan fingerprint density at radius 2 is 1.27 bits per heavy atom. The van der Waals surface area contributed by atoms with Gasteiger partial charge in [-0.15, -0.1) is 0 Å². The van der Waals surface area contributed by atoms with Gasteiger partial charge in [0.25, 0.3) is 0 Å². The predicted molar refractivity (Wildman–Crippen MR) is 43.2 cm³/mol. The normalized spacial score (nSPS) is 10.9. The molecule has 3 nitrogen and oxygen atoms in total. The van der Waals surface area contributed by atoms with Crippen LogP contribution in [0.4, 0.5) is 0 Å². The molecule has 3 N–H and O–H groups in total. The Balaban J connectivity index is 3.25. The van der Waals surface area contributed by atoms with Crippen molar-refractivity contribution in [3.8, 4) is 0 Å². The molecule has 0 unspecified atom stereocenters. The fourth-order valence-electron chi connectivity index (χ4n) is 1.09. The van der Waals surface area contributed by atoms with Gasteiger partial charge in [-0.1, -0.05) is 0 Å². The van der Waals surface area contributed by atoms with E-state index < -0.39 is 0 Å². The van der Waals surface area contributed by atoms with E-state index >= 15 is 0 Å². The SMILES string of the molecule is OCCCC(CO)CCCO. The topological polar surface area (TPSA) is 60.7 Å². The molecule has 0 aromatic carbocycles. The molecule has 11 heavy (non-hydrogen) atoms. The van der Waals surface area contributed by atoms with Gasteiger partial charge in [0.05, 0.1) is 0 Å². The first-order chi connectivity index (χ1) is 5.35. The van der Waals surface area contributed by atoms with Crippen LogP contribution in [0.15, 0.2) is 0 Å². The number of hydrogen-bond donors (Lipinski definition) is 3. The first kappa shape index (κ1) is 10.9. The second-order valence-electron chi connectivity index (χ2n) is 2.78. The maximum Gasteiger partial charge on any atom is 0.0459 e. The van der Waals surface area contributed by atoms with Gasteiger partial charge >= 0.3 is 0 Å². The Morgan fingerprint density at radius 1 is 0.818 bits per heavy atom. The summed E-state index contributed by atoms with van der Waals surface area (Å²) >= 11 is 0. The molecule has 0 spiro atoms. The summed E-state index contributed by atoms with van der Waals surface area (Å²) in [6, 6.07) is 0. The van der Waals surface area contributed by atoms with E-state index in [1.165, 1.54) is 0 Å². The van der Waals surface area contributed by atoms with Crippen LogP contribution in [0, 0.1) is 5.92 Å². The first-order valence-electron chi connectivity index (χ1n) is 4.17. The molecule has 0 atom stereocenters. The average Bonchev–Trinajstić information content (AvgIpc) is 2.05. The lowest BCUT2D eigenvalue weighted by molar-refractivity contribution is 0.182. The monoisotopic (exact) mass is 162 g/mol.